The molecule has 0 aromatic carbocycles. The molecule has 2 saturated heterocycles. The average molecular weight is 339 g/mol. The minimum Gasteiger partial charge on any atom is -0.368 e. The van der Waals surface area contributed by atoms with Crippen LogP contribution in [0.5, 0.6) is 0 Å². The number of nitrogens with one attached hydrogen (secondary N) is 2. The maximum atomic E-state index is 11.9. The summed E-state index contributed by atoms with van der Waals surface area (Å²) in [6.45, 7) is 1.82. The van der Waals surface area contributed by atoms with E-state index in [2.05, 4.69) is 15.6 Å². The summed E-state index contributed by atoms with van der Waals surface area (Å²) in [5.41, 5.74) is 0.852. The van der Waals surface area contributed by atoms with Gasteiger partial charge in [0.1, 0.15) is 12.2 Å². The molecule has 1 aromatic rings. The lowest BCUT2D eigenvalue weighted by Gasteiger charge is -2.09. The zero-order chi connectivity index (χ0) is 16.1. The lowest BCUT2D eigenvalue weighted by molar-refractivity contribution is -0.130. The van der Waals surface area contributed by atoms with Gasteiger partial charge in [0, 0.05) is 31.6 Å². The van der Waals surface area contributed by atoms with Crippen LogP contribution in [0.25, 0.3) is 0 Å². The number of hydrogen-bond acceptors (Lipinski definition) is 6. The van der Waals surface area contributed by atoms with Crippen LogP contribution < -0.4 is 10.6 Å². The molecule has 2 aliphatic rings. The van der Waals surface area contributed by atoms with Gasteiger partial charge in [0.2, 0.25) is 5.91 Å². The molecule has 2 amide bonds. The number of amides is 2. The zero-order valence-electron chi connectivity index (χ0n) is 12.9. The van der Waals surface area contributed by atoms with Gasteiger partial charge in [0.05, 0.1) is 5.69 Å². The Kier molecular flexibility index (Phi) is 5.58. The van der Waals surface area contributed by atoms with Gasteiger partial charge in [-0.2, -0.15) is 0 Å². The Labute approximate surface area is 138 Å². The van der Waals surface area contributed by atoms with Gasteiger partial charge in [0.25, 0.3) is 5.91 Å². The number of carbonyl (C=O) groups is 2. The van der Waals surface area contributed by atoms with Gasteiger partial charge >= 0.3 is 0 Å². The molecule has 2 atom stereocenters. The monoisotopic (exact) mass is 339 g/mol. The summed E-state index contributed by atoms with van der Waals surface area (Å²) in [4.78, 5) is 28.1. The smallest absolute Gasteiger partial charge is 0.255 e. The van der Waals surface area contributed by atoms with Crippen molar-refractivity contribution in [3.05, 3.63) is 11.1 Å². The van der Waals surface area contributed by atoms with Crippen LogP contribution in [0.4, 0.5) is 5.13 Å². The molecule has 0 unspecified atom stereocenters. The molecule has 126 valence electrons. The summed E-state index contributed by atoms with van der Waals surface area (Å²) in [7, 11) is 0. The molecular weight excluding hydrogens is 318 g/mol. The highest BCUT2D eigenvalue weighted by Gasteiger charge is 2.24. The van der Waals surface area contributed by atoms with E-state index in [0.29, 0.717) is 31.3 Å². The van der Waals surface area contributed by atoms with E-state index in [4.69, 9.17) is 9.47 Å². The molecule has 7 nitrogen and oxygen atoms in total. The van der Waals surface area contributed by atoms with Gasteiger partial charge in [-0.15, -0.1) is 11.3 Å². The minimum atomic E-state index is -0.354. The van der Waals surface area contributed by atoms with Gasteiger partial charge in [-0.25, -0.2) is 4.98 Å². The van der Waals surface area contributed by atoms with Crippen LogP contribution in [-0.4, -0.2) is 48.8 Å². The molecule has 1 aromatic heterocycles. The van der Waals surface area contributed by atoms with E-state index in [1.54, 1.807) is 0 Å². The maximum absolute atomic E-state index is 11.9. The minimum absolute atomic E-state index is 0.0513. The Morgan fingerprint density at radius 2 is 1.87 bits per heavy atom. The van der Waals surface area contributed by atoms with E-state index in [1.807, 2.05) is 5.38 Å². The topological polar surface area (TPSA) is 89.6 Å². The Morgan fingerprint density at radius 3 is 2.52 bits per heavy atom. The Hall–Kier alpha value is -1.51. The largest absolute Gasteiger partial charge is 0.368 e. The Balaban J connectivity index is 1.40. The molecule has 2 aliphatic heterocycles. The van der Waals surface area contributed by atoms with Crippen LogP contribution in [0.2, 0.25) is 0 Å². The molecule has 3 rings (SSSR count). The van der Waals surface area contributed by atoms with Gasteiger partial charge in [-0.1, -0.05) is 0 Å². The fourth-order valence-electron chi connectivity index (χ4n) is 2.66. The average Bonchev–Trinajstić information content (AvgIpc) is 3.30. The van der Waals surface area contributed by atoms with Gasteiger partial charge in [0.15, 0.2) is 5.13 Å². The van der Waals surface area contributed by atoms with Crippen LogP contribution in [0, 0.1) is 0 Å². The summed E-state index contributed by atoms with van der Waals surface area (Å²) in [6.07, 6.45) is 3.40. The molecule has 23 heavy (non-hydrogen) atoms. The van der Waals surface area contributed by atoms with Crippen LogP contribution in [0.3, 0.4) is 0 Å². The quantitative estimate of drug-likeness (QED) is 0.810. The van der Waals surface area contributed by atoms with Gasteiger partial charge < -0.3 is 14.8 Å². The van der Waals surface area contributed by atoms with E-state index < -0.39 is 0 Å². The number of thiazole rings is 1. The molecule has 8 heteroatoms. The lowest BCUT2D eigenvalue weighted by atomic mass is 10.2. The molecular formula is C15H21N3O4S. The lowest BCUT2D eigenvalue weighted by Crippen LogP contribution is -2.35. The molecule has 0 saturated carbocycles. The molecule has 0 radical (unpaired) electrons. The Morgan fingerprint density at radius 1 is 1.17 bits per heavy atom. The van der Waals surface area contributed by atoms with Crippen molar-refractivity contribution < 1.29 is 19.1 Å². The predicted octanol–water partition coefficient (Wildman–Crippen LogP) is 1.10. The highest BCUT2D eigenvalue weighted by Crippen LogP contribution is 2.19. The summed E-state index contributed by atoms with van der Waals surface area (Å²) in [5, 5.41) is 8.11. The third-order valence-electron chi connectivity index (χ3n) is 3.91. The summed E-state index contributed by atoms with van der Waals surface area (Å²) in [6, 6.07) is 0. The normalized spacial score (nSPS) is 23.8. The van der Waals surface area contributed by atoms with Crippen molar-refractivity contribution in [1.29, 1.82) is 0 Å². The van der Waals surface area contributed by atoms with Crippen molar-refractivity contribution in [1.82, 2.24) is 10.3 Å². The number of hydrogen-bond donors (Lipinski definition) is 2. The fraction of sp³-hybridized carbons (Fsp3) is 0.667. The molecule has 3 heterocycles. The second-order valence-corrected chi connectivity index (χ2v) is 6.54. The molecule has 2 N–H and O–H groups in total. The van der Waals surface area contributed by atoms with Crippen molar-refractivity contribution in [3.63, 3.8) is 0 Å². The van der Waals surface area contributed by atoms with Crippen LogP contribution in [-0.2, 0) is 25.5 Å². The second-order valence-electron chi connectivity index (χ2n) is 5.68. The third kappa shape index (κ3) is 4.49. The fourth-order valence-corrected chi connectivity index (χ4v) is 3.41. The van der Waals surface area contributed by atoms with Crippen LogP contribution >= 0.6 is 11.3 Å². The summed E-state index contributed by atoms with van der Waals surface area (Å²) >= 11 is 1.38. The third-order valence-corrected chi connectivity index (χ3v) is 4.71. The second kappa shape index (κ2) is 7.85. The highest BCUT2D eigenvalue weighted by molar-refractivity contribution is 7.13. The van der Waals surface area contributed by atoms with E-state index in [1.165, 1.54) is 11.3 Å². The predicted molar refractivity (Wildman–Crippen MR) is 85.4 cm³/mol. The van der Waals surface area contributed by atoms with Crippen molar-refractivity contribution in [2.24, 2.45) is 0 Å². The van der Waals surface area contributed by atoms with E-state index in [9.17, 15) is 9.59 Å². The molecule has 0 spiro atoms. The maximum Gasteiger partial charge on any atom is 0.255 e. The number of carbonyl (C=O) groups excluding carboxylic acids is 2. The van der Waals surface area contributed by atoms with Crippen LogP contribution in [0.1, 0.15) is 31.4 Å². The first-order valence-electron chi connectivity index (χ1n) is 7.98. The number of anilines is 1. The molecule has 2 fully saturated rings. The molecule has 0 bridgehead atoms. The first-order valence-corrected chi connectivity index (χ1v) is 8.86. The van der Waals surface area contributed by atoms with Gasteiger partial charge in [-0.3, -0.25) is 14.9 Å². The van der Waals surface area contributed by atoms with Crippen molar-refractivity contribution in [3.8, 4) is 0 Å². The summed E-state index contributed by atoms with van der Waals surface area (Å²) < 4.78 is 10.7. The number of ether oxygens (including phenoxy) is 2. The van der Waals surface area contributed by atoms with E-state index in [0.717, 1.165) is 31.4 Å². The first-order chi connectivity index (χ1) is 11.2. The van der Waals surface area contributed by atoms with E-state index >= 15 is 0 Å². The zero-order valence-corrected chi connectivity index (χ0v) is 13.7. The van der Waals surface area contributed by atoms with Crippen molar-refractivity contribution >= 4 is 28.3 Å². The molecule has 0 aliphatic carbocycles. The van der Waals surface area contributed by atoms with E-state index in [-0.39, 0.29) is 24.0 Å². The highest BCUT2D eigenvalue weighted by atomic mass is 32.1. The standard InChI is InChI=1S/C15H21N3O4S/c19-13(11-3-1-7-21-11)16-6-5-10-9-23-15(17-10)18-14(20)12-4-2-8-22-12/h9,11-12H,1-8H2,(H,16,19)(H,17,18,20)/t11-,12-/m0/s1. The van der Waals surface area contributed by atoms with Crippen molar-refractivity contribution in [2.45, 2.75) is 44.3 Å². The Bertz CT molecular complexity index is 551. The first kappa shape index (κ1) is 16.4. The SMILES string of the molecule is O=C(NCCc1csc(NC(=O)[C@@H]2CCCO2)n1)[C@@H]1CCCO1. The van der Waals surface area contributed by atoms with Crippen LogP contribution in [0.15, 0.2) is 5.38 Å². The van der Waals surface area contributed by atoms with Crippen molar-refractivity contribution in [2.75, 3.05) is 25.1 Å². The number of aromatic nitrogens is 1. The summed E-state index contributed by atoms with van der Waals surface area (Å²) in [5.74, 6) is -0.181. The van der Waals surface area contributed by atoms with Gasteiger partial charge in [-0.05, 0) is 25.7 Å². The number of rotatable bonds is 6. The number of nitrogens with zero attached hydrogens (tertiary/aromatic N) is 1.